The van der Waals surface area contributed by atoms with E-state index in [1.54, 1.807) is 0 Å². The van der Waals surface area contributed by atoms with Crippen LogP contribution in [-0.2, 0) is 12.4 Å². The molecule has 0 spiro atoms. The van der Waals surface area contributed by atoms with Crippen molar-refractivity contribution in [1.29, 1.82) is 0 Å². The number of rotatable bonds is 5. The largest absolute Gasteiger partial charge is 0.311 e. The molecule has 0 aliphatic heterocycles. The van der Waals surface area contributed by atoms with Gasteiger partial charge in [-0.05, 0) is 36.3 Å². The zero-order chi connectivity index (χ0) is 14.9. The highest BCUT2D eigenvalue weighted by molar-refractivity contribution is 6.16. The third-order valence-electron chi connectivity index (χ3n) is 4.14. The third kappa shape index (κ3) is 2.83. The van der Waals surface area contributed by atoms with Gasteiger partial charge in [-0.2, -0.15) is 0 Å². The molecule has 2 aromatic rings. The molecule has 0 radical (unpaired) electrons. The van der Waals surface area contributed by atoms with E-state index in [0.717, 1.165) is 29.1 Å². The molecule has 0 saturated carbocycles. The van der Waals surface area contributed by atoms with E-state index in [1.807, 2.05) is 12.3 Å². The average Bonchev–Trinajstić information content (AvgIpc) is 2.74. The van der Waals surface area contributed by atoms with Crippen LogP contribution in [0.15, 0.2) is 12.3 Å². The summed E-state index contributed by atoms with van der Waals surface area (Å²) in [5.74, 6) is 3.20. The summed E-state index contributed by atoms with van der Waals surface area (Å²) in [7, 11) is 0. The Kier molecular flexibility index (Phi) is 4.69. The Morgan fingerprint density at radius 1 is 1.20 bits per heavy atom. The molecule has 0 aromatic carbocycles. The van der Waals surface area contributed by atoms with Crippen LogP contribution in [0.25, 0.3) is 11.2 Å². The Morgan fingerprint density at radius 2 is 1.85 bits per heavy atom. The predicted octanol–water partition coefficient (Wildman–Crippen LogP) is 4.41. The summed E-state index contributed by atoms with van der Waals surface area (Å²) >= 11 is 6.09. The summed E-state index contributed by atoms with van der Waals surface area (Å²) in [5, 5.41) is 0. The molecule has 0 amide bonds. The lowest BCUT2D eigenvalue weighted by Crippen LogP contribution is -2.23. The maximum Gasteiger partial charge on any atom is 0.160 e. The molecular weight excluding hydrogens is 270 g/mol. The van der Waals surface area contributed by atoms with Crippen LogP contribution in [0.1, 0.15) is 39.1 Å². The lowest BCUT2D eigenvalue weighted by molar-refractivity contribution is 0.252. The van der Waals surface area contributed by atoms with Gasteiger partial charge in [-0.15, -0.1) is 11.6 Å². The van der Waals surface area contributed by atoms with Crippen LogP contribution in [0.3, 0.4) is 0 Å². The number of fused-ring (bicyclic) bond motifs is 1. The molecule has 4 heteroatoms. The Morgan fingerprint density at radius 3 is 2.40 bits per heavy atom. The fourth-order valence-electron chi connectivity index (χ4n) is 2.88. The van der Waals surface area contributed by atoms with Crippen molar-refractivity contribution in [1.82, 2.24) is 14.5 Å². The van der Waals surface area contributed by atoms with E-state index in [1.165, 1.54) is 0 Å². The van der Waals surface area contributed by atoms with Crippen LogP contribution < -0.4 is 0 Å². The predicted molar refractivity (Wildman–Crippen MR) is 85.0 cm³/mol. The molecule has 0 aliphatic carbocycles. The molecule has 0 N–H and O–H groups in total. The van der Waals surface area contributed by atoms with E-state index in [9.17, 15) is 0 Å². The number of halogens is 1. The maximum absolute atomic E-state index is 6.09. The summed E-state index contributed by atoms with van der Waals surface area (Å²) < 4.78 is 2.21. The minimum Gasteiger partial charge on any atom is -0.311 e. The van der Waals surface area contributed by atoms with E-state index < -0.39 is 0 Å². The first-order chi connectivity index (χ1) is 9.45. The van der Waals surface area contributed by atoms with Crippen LogP contribution in [-0.4, -0.2) is 14.5 Å². The molecule has 0 saturated heterocycles. The van der Waals surface area contributed by atoms with Gasteiger partial charge in [0.1, 0.15) is 11.3 Å². The zero-order valence-electron chi connectivity index (χ0n) is 13.0. The lowest BCUT2D eigenvalue weighted by atomic mass is 9.85. The Bertz CT molecular complexity index is 579. The van der Waals surface area contributed by atoms with E-state index in [0.29, 0.717) is 23.6 Å². The van der Waals surface area contributed by atoms with Crippen LogP contribution in [0.2, 0.25) is 0 Å². The molecule has 2 rings (SSSR count). The molecule has 0 bridgehead atoms. The number of alkyl halides is 1. The molecule has 20 heavy (non-hydrogen) atoms. The first-order valence-electron chi connectivity index (χ1n) is 7.32. The van der Waals surface area contributed by atoms with Gasteiger partial charge in [-0.1, -0.05) is 27.7 Å². The number of pyridine rings is 1. The lowest BCUT2D eigenvalue weighted by Gasteiger charge is -2.26. The second kappa shape index (κ2) is 6.13. The van der Waals surface area contributed by atoms with Gasteiger partial charge >= 0.3 is 0 Å². The summed E-state index contributed by atoms with van der Waals surface area (Å²) in [6, 6.07) is 2.00. The van der Waals surface area contributed by atoms with Crippen molar-refractivity contribution in [3.8, 4) is 0 Å². The molecular formula is C16H24ClN3. The normalized spacial score (nSPS) is 12.2. The van der Waals surface area contributed by atoms with Gasteiger partial charge in [0.25, 0.3) is 0 Å². The van der Waals surface area contributed by atoms with Crippen LogP contribution in [0, 0.1) is 24.7 Å². The number of aromatic nitrogens is 3. The molecule has 3 nitrogen and oxygen atoms in total. The Labute approximate surface area is 126 Å². The van der Waals surface area contributed by atoms with Crippen molar-refractivity contribution in [2.45, 2.75) is 47.0 Å². The topological polar surface area (TPSA) is 30.7 Å². The molecule has 110 valence electrons. The maximum atomic E-state index is 6.09. The molecule has 0 unspecified atom stereocenters. The Hall–Kier alpha value is -1.09. The highest BCUT2D eigenvalue weighted by Crippen LogP contribution is 2.26. The first-order valence-corrected chi connectivity index (χ1v) is 7.85. The number of aryl methyl sites for hydroxylation is 1. The number of hydrogen-bond acceptors (Lipinski definition) is 2. The van der Waals surface area contributed by atoms with E-state index in [2.05, 4.69) is 49.2 Å². The first kappa shape index (κ1) is 15.3. The minimum atomic E-state index is 0.429. The summed E-state index contributed by atoms with van der Waals surface area (Å²) in [6.45, 7) is 12.1. The van der Waals surface area contributed by atoms with Gasteiger partial charge in [0.05, 0.1) is 5.88 Å². The molecule has 0 aliphatic rings. The molecule has 2 heterocycles. The SMILES string of the molecule is Cc1ccnc2c1nc(CCl)n2CC(C(C)C)C(C)C. The van der Waals surface area contributed by atoms with Crippen molar-refractivity contribution in [3.63, 3.8) is 0 Å². The van der Waals surface area contributed by atoms with Crippen LogP contribution >= 0.6 is 11.6 Å². The van der Waals surface area contributed by atoms with Crippen molar-refractivity contribution >= 4 is 22.8 Å². The van der Waals surface area contributed by atoms with Crippen LogP contribution in [0.4, 0.5) is 0 Å². The van der Waals surface area contributed by atoms with E-state index in [-0.39, 0.29) is 0 Å². The molecule has 2 aromatic heterocycles. The van der Waals surface area contributed by atoms with Gasteiger partial charge in [-0.25, -0.2) is 9.97 Å². The standard InChI is InChI=1S/C16H24ClN3/c1-10(2)13(11(3)4)9-20-14(8-17)19-15-12(5)6-7-18-16(15)20/h6-7,10-11,13H,8-9H2,1-5H3. The highest BCUT2D eigenvalue weighted by Gasteiger charge is 2.21. The van der Waals surface area contributed by atoms with Crippen molar-refractivity contribution in [3.05, 3.63) is 23.7 Å². The zero-order valence-corrected chi connectivity index (χ0v) is 13.8. The fourth-order valence-corrected chi connectivity index (χ4v) is 3.08. The summed E-state index contributed by atoms with van der Waals surface area (Å²) in [4.78, 5) is 9.20. The van der Waals surface area contributed by atoms with E-state index in [4.69, 9.17) is 11.6 Å². The van der Waals surface area contributed by atoms with Crippen molar-refractivity contribution in [2.24, 2.45) is 17.8 Å². The quantitative estimate of drug-likeness (QED) is 0.765. The van der Waals surface area contributed by atoms with Crippen molar-refractivity contribution < 1.29 is 0 Å². The van der Waals surface area contributed by atoms with Gasteiger partial charge < -0.3 is 4.57 Å². The van der Waals surface area contributed by atoms with Crippen molar-refractivity contribution in [2.75, 3.05) is 0 Å². The average molecular weight is 294 g/mol. The molecule has 0 atom stereocenters. The monoisotopic (exact) mass is 293 g/mol. The third-order valence-corrected chi connectivity index (χ3v) is 4.38. The van der Waals surface area contributed by atoms with E-state index >= 15 is 0 Å². The second-order valence-electron chi connectivity index (χ2n) is 6.22. The number of nitrogens with zero attached hydrogens (tertiary/aromatic N) is 3. The number of hydrogen-bond donors (Lipinski definition) is 0. The van der Waals surface area contributed by atoms with Gasteiger partial charge in [0, 0.05) is 12.7 Å². The fraction of sp³-hybridized carbons (Fsp3) is 0.625. The van der Waals surface area contributed by atoms with Gasteiger partial charge in [0.15, 0.2) is 5.65 Å². The molecule has 0 fully saturated rings. The van der Waals surface area contributed by atoms with Gasteiger partial charge in [0.2, 0.25) is 0 Å². The Balaban J connectivity index is 2.49. The second-order valence-corrected chi connectivity index (χ2v) is 6.49. The highest BCUT2D eigenvalue weighted by atomic mass is 35.5. The minimum absolute atomic E-state index is 0.429. The van der Waals surface area contributed by atoms with Gasteiger partial charge in [-0.3, -0.25) is 0 Å². The summed E-state index contributed by atoms with van der Waals surface area (Å²) in [5.41, 5.74) is 3.10. The number of imidazole rings is 1. The smallest absolute Gasteiger partial charge is 0.160 e. The van der Waals surface area contributed by atoms with Crippen LogP contribution in [0.5, 0.6) is 0 Å². The summed E-state index contributed by atoms with van der Waals surface area (Å²) in [6.07, 6.45) is 1.85.